The van der Waals surface area contributed by atoms with Gasteiger partial charge in [-0.05, 0) is 30.2 Å². The van der Waals surface area contributed by atoms with Crippen LogP contribution < -0.4 is 5.32 Å². The summed E-state index contributed by atoms with van der Waals surface area (Å²) in [5.41, 5.74) is 2.88. The van der Waals surface area contributed by atoms with Gasteiger partial charge in [0.2, 0.25) is 0 Å². The van der Waals surface area contributed by atoms with Crippen molar-refractivity contribution in [3.8, 4) is 0 Å². The fourth-order valence-corrected chi connectivity index (χ4v) is 2.22. The van der Waals surface area contributed by atoms with Crippen molar-refractivity contribution in [3.63, 3.8) is 0 Å². The Labute approximate surface area is 117 Å². The molecule has 0 radical (unpaired) electrons. The van der Waals surface area contributed by atoms with Gasteiger partial charge in [-0.15, -0.1) is 6.58 Å². The molecule has 1 nitrogen and oxygen atoms in total. The van der Waals surface area contributed by atoms with E-state index in [4.69, 9.17) is 23.2 Å². The maximum Gasteiger partial charge on any atom is 0.0762 e. The van der Waals surface area contributed by atoms with E-state index < -0.39 is 0 Å². The van der Waals surface area contributed by atoms with E-state index in [1.807, 2.05) is 42.5 Å². The van der Waals surface area contributed by atoms with Crippen LogP contribution in [0.2, 0.25) is 10.0 Å². The number of nitrogens with one attached hydrogen (secondary N) is 1. The highest BCUT2D eigenvalue weighted by Crippen LogP contribution is 2.33. The molecule has 1 N–H and O–H groups in total. The molecule has 0 aromatic heterocycles. The molecule has 0 aliphatic rings. The molecule has 2 rings (SSSR count). The first-order valence-corrected chi connectivity index (χ1v) is 6.38. The Morgan fingerprint density at radius 2 is 1.67 bits per heavy atom. The Balaban J connectivity index is 2.37. The lowest BCUT2D eigenvalue weighted by Crippen LogP contribution is -1.96. The topological polar surface area (TPSA) is 12.0 Å². The van der Waals surface area contributed by atoms with Crippen LogP contribution in [0.5, 0.6) is 0 Å². The molecule has 0 unspecified atom stereocenters. The number of allylic oxidation sites excluding steroid dienone is 1. The first-order valence-electron chi connectivity index (χ1n) is 5.62. The van der Waals surface area contributed by atoms with Gasteiger partial charge in [0.05, 0.1) is 15.7 Å². The van der Waals surface area contributed by atoms with Crippen molar-refractivity contribution >= 4 is 34.6 Å². The summed E-state index contributed by atoms with van der Waals surface area (Å²) in [6.45, 7) is 3.76. The van der Waals surface area contributed by atoms with Gasteiger partial charge in [0.25, 0.3) is 0 Å². The largest absolute Gasteiger partial charge is 0.353 e. The van der Waals surface area contributed by atoms with Crippen LogP contribution in [0.4, 0.5) is 11.4 Å². The average molecular weight is 278 g/mol. The first kappa shape index (κ1) is 13.0. The van der Waals surface area contributed by atoms with Gasteiger partial charge in [0.15, 0.2) is 0 Å². The standard InChI is InChI=1S/C15H13Cl2N/c1-2-6-11-7-3-4-10-14(11)18-15-12(16)8-5-9-13(15)17/h2-5,7-10,18H,1,6H2. The van der Waals surface area contributed by atoms with Crippen molar-refractivity contribution in [2.45, 2.75) is 6.42 Å². The van der Waals surface area contributed by atoms with E-state index >= 15 is 0 Å². The zero-order valence-corrected chi connectivity index (χ0v) is 11.3. The minimum Gasteiger partial charge on any atom is -0.353 e. The lowest BCUT2D eigenvalue weighted by atomic mass is 10.1. The van der Waals surface area contributed by atoms with Gasteiger partial charge >= 0.3 is 0 Å². The maximum atomic E-state index is 6.14. The van der Waals surface area contributed by atoms with E-state index in [0.717, 1.165) is 23.4 Å². The Morgan fingerprint density at radius 3 is 2.33 bits per heavy atom. The molecule has 2 aromatic carbocycles. The molecule has 0 aliphatic heterocycles. The Morgan fingerprint density at radius 1 is 1.00 bits per heavy atom. The SMILES string of the molecule is C=CCc1ccccc1Nc1c(Cl)cccc1Cl. The van der Waals surface area contributed by atoms with Crippen molar-refractivity contribution in [1.29, 1.82) is 0 Å². The maximum absolute atomic E-state index is 6.14. The molecule has 0 heterocycles. The van der Waals surface area contributed by atoms with Crippen molar-refractivity contribution in [2.75, 3.05) is 5.32 Å². The predicted octanol–water partition coefficient (Wildman–Crippen LogP) is 5.47. The van der Waals surface area contributed by atoms with Crippen molar-refractivity contribution in [2.24, 2.45) is 0 Å². The highest BCUT2D eigenvalue weighted by atomic mass is 35.5. The van der Waals surface area contributed by atoms with Crippen LogP contribution in [0, 0.1) is 0 Å². The average Bonchev–Trinajstić information content (AvgIpc) is 2.36. The van der Waals surface area contributed by atoms with Crippen LogP contribution in [0.3, 0.4) is 0 Å². The van der Waals surface area contributed by atoms with Gasteiger partial charge in [-0.1, -0.05) is 53.5 Å². The van der Waals surface area contributed by atoms with E-state index in [1.54, 1.807) is 0 Å². The van der Waals surface area contributed by atoms with Crippen molar-refractivity contribution in [3.05, 3.63) is 70.7 Å². The number of hydrogen-bond acceptors (Lipinski definition) is 1. The van der Waals surface area contributed by atoms with Crippen LogP contribution in [0.1, 0.15) is 5.56 Å². The Bertz CT molecular complexity index is 544. The van der Waals surface area contributed by atoms with Crippen LogP contribution in [-0.2, 0) is 6.42 Å². The van der Waals surface area contributed by atoms with Gasteiger partial charge in [-0.25, -0.2) is 0 Å². The van der Waals surface area contributed by atoms with Crippen LogP contribution in [0.15, 0.2) is 55.1 Å². The molecular formula is C15H13Cl2N. The quantitative estimate of drug-likeness (QED) is 0.731. The predicted molar refractivity (Wildman–Crippen MR) is 80.1 cm³/mol. The highest BCUT2D eigenvalue weighted by molar-refractivity contribution is 6.39. The summed E-state index contributed by atoms with van der Waals surface area (Å²) in [5.74, 6) is 0. The van der Waals surface area contributed by atoms with Gasteiger partial charge in [-0.3, -0.25) is 0 Å². The zero-order valence-electron chi connectivity index (χ0n) is 9.79. The minimum absolute atomic E-state index is 0.607. The molecule has 0 atom stereocenters. The smallest absolute Gasteiger partial charge is 0.0762 e. The molecule has 0 bridgehead atoms. The molecular weight excluding hydrogens is 265 g/mol. The molecule has 0 saturated heterocycles. The summed E-state index contributed by atoms with van der Waals surface area (Å²) in [6, 6.07) is 13.5. The van der Waals surface area contributed by atoms with Crippen LogP contribution in [0.25, 0.3) is 0 Å². The molecule has 92 valence electrons. The number of hydrogen-bond donors (Lipinski definition) is 1. The summed E-state index contributed by atoms with van der Waals surface area (Å²) in [6.07, 6.45) is 2.67. The lowest BCUT2D eigenvalue weighted by Gasteiger charge is -2.13. The molecule has 0 amide bonds. The van der Waals surface area contributed by atoms with Gasteiger partial charge in [0.1, 0.15) is 0 Å². The summed E-state index contributed by atoms with van der Waals surface area (Å²) < 4.78 is 0. The van der Waals surface area contributed by atoms with Crippen molar-refractivity contribution < 1.29 is 0 Å². The molecule has 0 saturated carbocycles. The van der Waals surface area contributed by atoms with E-state index in [1.165, 1.54) is 0 Å². The Hall–Kier alpha value is -1.44. The minimum atomic E-state index is 0.607. The Kier molecular flexibility index (Phi) is 4.29. The number of rotatable bonds is 4. The summed E-state index contributed by atoms with van der Waals surface area (Å²) >= 11 is 12.3. The second-order valence-electron chi connectivity index (χ2n) is 3.87. The third-order valence-electron chi connectivity index (χ3n) is 2.60. The van der Waals surface area contributed by atoms with E-state index in [9.17, 15) is 0 Å². The number of halogens is 2. The van der Waals surface area contributed by atoms with Crippen LogP contribution >= 0.6 is 23.2 Å². The molecule has 0 fully saturated rings. The third-order valence-corrected chi connectivity index (χ3v) is 3.23. The van der Waals surface area contributed by atoms with Gasteiger partial charge in [0, 0.05) is 5.69 Å². The summed E-state index contributed by atoms with van der Waals surface area (Å²) in [4.78, 5) is 0. The third kappa shape index (κ3) is 2.87. The van der Waals surface area contributed by atoms with E-state index in [2.05, 4.69) is 18.0 Å². The summed E-state index contributed by atoms with van der Waals surface area (Å²) in [7, 11) is 0. The van der Waals surface area contributed by atoms with Crippen LogP contribution in [-0.4, -0.2) is 0 Å². The normalized spacial score (nSPS) is 10.1. The molecule has 3 heteroatoms. The number of para-hydroxylation sites is 2. The monoisotopic (exact) mass is 277 g/mol. The molecule has 18 heavy (non-hydrogen) atoms. The highest BCUT2D eigenvalue weighted by Gasteiger charge is 2.07. The fraction of sp³-hybridized carbons (Fsp3) is 0.0667. The molecule has 2 aromatic rings. The lowest BCUT2D eigenvalue weighted by molar-refractivity contribution is 1.27. The van der Waals surface area contributed by atoms with E-state index in [0.29, 0.717) is 10.0 Å². The van der Waals surface area contributed by atoms with Gasteiger partial charge < -0.3 is 5.32 Å². The molecule has 0 aliphatic carbocycles. The van der Waals surface area contributed by atoms with Crippen molar-refractivity contribution in [1.82, 2.24) is 0 Å². The molecule has 0 spiro atoms. The summed E-state index contributed by atoms with van der Waals surface area (Å²) in [5, 5.41) is 4.50. The zero-order chi connectivity index (χ0) is 13.0. The first-order chi connectivity index (χ1) is 8.72. The second-order valence-corrected chi connectivity index (χ2v) is 4.69. The fourth-order valence-electron chi connectivity index (χ4n) is 1.73. The number of benzene rings is 2. The van der Waals surface area contributed by atoms with E-state index in [-0.39, 0.29) is 0 Å². The second kappa shape index (κ2) is 5.94. The number of anilines is 2. The van der Waals surface area contributed by atoms with Gasteiger partial charge in [-0.2, -0.15) is 0 Å².